The van der Waals surface area contributed by atoms with E-state index in [4.69, 9.17) is 4.74 Å². The molecule has 2 atom stereocenters. The van der Waals surface area contributed by atoms with Crippen LogP contribution < -0.4 is 0 Å². The first-order valence-electron chi connectivity index (χ1n) is 5.13. The fourth-order valence-electron chi connectivity index (χ4n) is 2.99. The topological polar surface area (TPSA) is 26.3 Å². The number of esters is 1. The van der Waals surface area contributed by atoms with Crippen LogP contribution in [0.4, 0.5) is 0 Å². The molecule has 0 unspecified atom stereocenters. The molecule has 0 aromatic rings. The highest BCUT2D eigenvalue weighted by atomic mass is 16.6. The highest BCUT2D eigenvalue weighted by Gasteiger charge is 2.51. The minimum absolute atomic E-state index is 0.00481. The number of ether oxygens (including phenoxy) is 1. The molecule has 2 aliphatic rings. The van der Waals surface area contributed by atoms with E-state index < -0.39 is 0 Å². The summed E-state index contributed by atoms with van der Waals surface area (Å²) in [5.41, 5.74) is 0.189. The van der Waals surface area contributed by atoms with Crippen LogP contribution in [0.3, 0.4) is 0 Å². The van der Waals surface area contributed by atoms with Gasteiger partial charge in [-0.05, 0) is 31.6 Å². The van der Waals surface area contributed by atoms with E-state index >= 15 is 0 Å². The van der Waals surface area contributed by atoms with Gasteiger partial charge in [-0.3, -0.25) is 4.79 Å². The third-order valence-corrected chi connectivity index (χ3v) is 3.62. The molecule has 0 N–H and O–H groups in total. The van der Waals surface area contributed by atoms with Gasteiger partial charge in [0.15, 0.2) is 0 Å². The molecule has 0 amide bonds. The van der Waals surface area contributed by atoms with Gasteiger partial charge in [0.25, 0.3) is 0 Å². The van der Waals surface area contributed by atoms with Crippen molar-refractivity contribution in [1.82, 2.24) is 0 Å². The van der Waals surface area contributed by atoms with Gasteiger partial charge in [-0.1, -0.05) is 13.8 Å². The number of rotatable bonds is 0. The van der Waals surface area contributed by atoms with Gasteiger partial charge in [0.05, 0.1) is 6.42 Å². The summed E-state index contributed by atoms with van der Waals surface area (Å²) in [5.74, 6) is 0.484. The number of carbonyl (C=O) groups excluding carboxylic acids is 1. The summed E-state index contributed by atoms with van der Waals surface area (Å²) < 4.78 is 5.45. The van der Waals surface area contributed by atoms with E-state index in [0.717, 1.165) is 12.8 Å². The predicted molar refractivity (Wildman–Crippen MR) is 50.2 cm³/mol. The van der Waals surface area contributed by atoms with Crippen molar-refractivity contribution in [3.05, 3.63) is 0 Å². The summed E-state index contributed by atoms with van der Waals surface area (Å²) in [4.78, 5) is 11.2. The zero-order chi connectivity index (χ0) is 9.69. The third-order valence-electron chi connectivity index (χ3n) is 3.62. The van der Waals surface area contributed by atoms with Gasteiger partial charge in [-0.15, -0.1) is 0 Å². The fraction of sp³-hybridized carbons (Fsp3) is 0.909. The Bertz CT molecular complexity index is 244. The summed E-state index contributed by atoms with van der Waals surface area (Å²) >= 11 is 0. The summed E-state index contributed by atoms with van der Waals surface area (Å²) in [6, 6.07) is 0. The Morgan fingerprint density at radius 1 is 1.38 bits per heavy atom. The van der Waals surface area contributed by atoms with Gasteiger partial charge in [0.2, 0.25) is 0 Å². The Morgan fingerprint density at radius 3 is 2.77 bits per heavy atom. The van der Waals surface area contributed by atoms with E-state index in [2.05, 4.69) is 20.8 Å². The minimum atomic E-state index is -0.154. The first-order chi connectivity index (χ1) is 5.91. The summed E-state index contributed by atoms with van der Waals surface area (Å²) in [5, 5.41) is 0. The Morgan fingerprint density at radius 2 is 2.08 bits per heavy atom. The van der Waals surface area contributed by atoms with Crippen LogP contribution in [0.5, 0.6) is 0 Å². The maximum absolute atomic E-state index is 11.2. The number of hydrogen-bond donors (Lipinski definition) is 0. The highest BCUT2D eigenvalue weighted by molar-refractivity contribution is 5.73. The molecule has 2 nitrogen and oxygen atoms in total. The van der Waals surface area contributed by atoms with Crippen molar-refractivity contribution in [3.8, 4) is 0 Å². The quantitative estimate of drug-likeness (QED) is 0.538. The molecular formula is C11H18O2. The largest absolute Gasteiger partial charge is 0.459 e. The molecule has 0 bridgehead atoms. The second-order valence-corrected chi connectivity index (χ2v) is 5.57. The van der Waals surface area contributed by atoms with Crippen LogP contribution in [0.15, 0.2) is 0 Å². The molecule has 1 aliphatic carbocycles. The first kappa shape index (κ1) is 9.04. The molecular weight excluding hydrogens is 164 g/mol. The van der Waals surface area contributed by atoms with E-state index in [1.807, 2.05) is 0 Å². The van der Waals surface area contributed by atoms with Crippen molar-refractivity contribution in [2.75, 3.05) is 0 Å². The van der Waals surface area contributed by atoms with Crippen LogP contribution >= 0.6 is 0 Å². The molecule has 74 valence electrons. The molecule has 2 heteroatoms. The number of carbonyl (C=O) groups is 1. The van der Waals surface area contributed by atoms with E-state index in [-0.39, 0.29) is 11.6 Å². The molecule has 13 heavy (non-hydrogen) atoms. The van der Waals surface area contributed by atoms with Crippen molar-refractivity contribution in [2.24, 2.45) is 11.3 Å². The van der Waals surface area contributed by atoms with Gasteiger partial charge in [-0.2, -0.15) is 0 Å². The zero-order valence-electron chi connectivity index (χ0n) is 8.72. The monoisotopic (exact) mass is 182 g/mol. The van der Waals surface area contributed by atoms with E-state index in [9.17, 15) is 4.79 Å². The molecule has 2 rings (SSSR count). The molecule has 1 saturated carbocycles. The Labute approximate surface area is 79.7 Å². The van der Waals surface area contributed by atoms with Crippen molar-refractivity contribution >= 4 is 5.97 Å². The highest BCUT2D eigenvalue weighted by Crippen LogP contribution is 2.50. The van der Waals surface area contributed by atoms with Gasteiger partial charge >= 0.3 is 5.97 Å². The molecule has 0 spiro atoms. The van der Waals surface area contributed by atoms with Crippen molar-refractivity contribution in [3.63, 3.8) is 0 Å². The summed E-state index contributed by atoms with van der Waals surface area (Å²) in [6.07, 6.45) is 4.04. The lowest BCUT2D eigenvalue weighted by atomic mass is 9.65. The molecule has 0 aromatic heterocycles. The van der Waals surface area contributed by atoms with Crippen molar-refractivity contribution < 1.29 is 9.53 Å². The maximum atomic E-state index is 11.2. The molecule has 2 fully saturated rings. The summed E-state index contributed by atoms with van der Waals surface area (Å²) in [6.45, 7) is 6.63. The molecule has 0 radical (unpaired) electrons. The van der Waals surface area contributed by atoms with Gasteiger partial charge < -0.3 is 4.74 Å². The average Bonchev–Trinajstić information content (AvgIpc) is 2.20. The Kier molecular flexibility index (Phi) is 1.73. The number of hydrogen-bond acceptors (Lipinski definition) is 2. The molecule has 1 saturated heterocycles. The Hall–Kier alpha value is -0.530. The lowest BCUT2D eigenvalue weighted by Crippen LogP contribution is -2.41. The molecule has 0 aromatic carbocycles. The predicted octanol–water partition coefficient (Wildman–Crippen LogP) is 2.52. The standard InChI is InChI=1S/C11H18O2/c1-10(2)5-4-8-6-9(12)13-11(8,3)7-10/h8H,4-7H2,1-3H3/t8-,11+/m0/s1. The second kappa shape index (κ2) is 2.49. The van der Waals surface area contributed by atoms with Crippen LogP contribution in [0, 0.1) is 11.3 Å². The maximum Gasteiger partial charge on any atom is 0.306 e. The smallest absolute Gasteiger partial charge is 0.306 e. The fourth-order valence-corrected chi connectivity index (χ4v) is 2.99. The SMILES string of the molecule is CC1(C)CC[C@H]2CC(=O)O[C@]2(C)C1. The molecule has 1 heterocycles. The lowest BCUT2D eigenvalue weighted by Gasteiger charge is -2.42. The van der Waals surface area contributed by atoms with E-state index in [1.54, 1.807) is 0 Å². The van der Waals surface area contributed by atoms with Crippen molar-refractivity contribution in [1.29, 1.82) is 0 Å². The normalized spacial score (nSPS) is 42.7. The third kappa shape index (κ3) is 1.47. The van der Waals surface area contributed by atoms with Gasteiger partial charge in [0, 0.05) is 5.92 Å². The zero-order valence-corrected chi connectivity index (χ0v) is 8.72. The van der Waals surface area contributed by atoms with E-state index in [0.29, 0.717) is 17.8 Å². The van der Waals surface area contributed by atoms with E-state index in [1.165, 1.54) is 6.42 Å². The van der Waals surface area contributed by atoms with Crippen molar-refractivity contribution in [2.45, 2.75) is 52.1 Å². The lowest BCUT2D eigenvalue weighted by molar-refractivity contribution is -0.152. The first-order valence-corrected chi connectivity index (χ1v) is 5.13. The second-order valence-electron chi connectivity index (χ2n) is 5.57. The average molecular weight is 182 g/mol. The number of fused-ring (bicyclic) bond motifs is 1. The van der Waals surface area contributed by atoms with Crippen LogP contribution in [0.25, 0.3) is 0 Å². The van der Waals surface area contributed by atoms with Crippen LogP contribution in [-0.4, -0.2) is 11.6 Å². The minimum Gasteiger partial charge on any atom is -0.459 e. The van der Waals surface area contributed by atoms with Gasteiger partial charge in [0.1, 0.15) is 5.60 Å². The van der Waals surface area contributed by atoms with Crippen LogP contribution in [0.2, 0.25) is 0 Å². The Balaban J connectivity index is 2.20. The summed E-state index contributed by atoms with van der Waals surface area (Å²) in [7, 11) is 0. The van der Waals surface area contributed by atoms with Crippen LogP contribution in [-0.2, 0) is 9.53 Å². The van der Waals surface area contributed by atoms with Crippen LogP contribution in [0.1, 0.15) is 46.5 Å². The van der Waals surface area contributed by atoms with Gasteiger partial charge in [-0.25, -0.2) is 0 Å². The molecule has 1 aliphatic heterocycles.